The summed E-state index contributed by atoms with van der Waals surface area (Å²) in [7, 11) is 0. The molecule has 0 bridgehead atoms. The maximum atomic E-state index is 14.2. The summed E-state index contributed by atoms with van der Waals surface area (Å²) in [6.07, 6.45) is 0. The SMILES string of the molecule is O=Nc1c(O)n(Cc2cc(F)cc3c2OCOC3)c2cc(C(=O)NCc3ccc(F)cc3)ccc12. The van der Waals surface area contributed by atoms with Crippen molar-refractivity contribution in [1.82, 2.24) is 9.88 Å². The zero-order valence-corrected chi connectivity index (χ0v) is 18.3. The highest BCUT2D eigenvalue weighted by atomic mass is 19.1. The van der Waals surface area contributed by atoms with Crippen molar-refractivity contribution in [3.63, 3.8) is 0 Å². The molecule has 10 heteroatoms. The molecular formula is C25H19F2N3O5. The van der Waals surface area contributed by atoms with E-state index in [9.17, 15) is 23.6 Å². The second-order valence-corrected chi connectivity index (χ2v) is 8.05. The van der Waals surface area contributed by atoms with Crippen LogP contribution in [-0.4, -0.2) is 22.4 Å². The number of carbonyl (C=O) groups excluding carboxylic acids is 1. The summed E-state index contributed by atoms with van der Waals surface area (Å²) in [4.78, 5) is 24.2. The molecule has 0 fully saturated rings. The third-order valence-electron chi connectivity index (χ3n) is 5.81. The highest BCUT2D eigenvalue weighted by Crippen LogP contribution is 2.40. The van der Waals surface area contributed by atoms with Crippen molar-refractivity contribution >= 4 is 22.5 Å². The zero-order chi connectivity index (χ0) is 24.5. The van der Waals surface area contributed by atoms with Crippen LogP contribution in [0.5, 0.6) is 11.6 Å². The number of ether oxygens (including phenoxy) is 2. The number of hydrogen-bond acceptors (Lipinski definition) is 6. The van der Waals surface area contributed by atoms with E-state index in [0.717, 1.165) is 0 Å². The van der Waals surface area contributed by atoms with E-state index in [0.29, 0.717) is 33.3 Å². The number of benzene rings is 3. The van der Waals surface area contributed by atoms with Crippen LogP contribution in [0.2, 0.25) is 0 Å². The highest BCUT2D eigenvalue weighted by Gasteiger charge is 2.23. The van der Waals surface area contributed by atoms with Gasteiger partial charge in [0.15, 0.2) is 12.5 Å². The van der Waals surface area contributed by atoms with Gasteiger partial charge in [-0.1, -0.05) is 12.1 Å². The van der Waals surface area contributed by atoms with Gasteiger partial charge in [0, 0.05) is 28.6 Å². The lowest BCUT2D eigenvalue weighted by atomic mass is 10.1. The zero-order valence-electron chi connectivity index (χ0n) is 18.3. The van der Waals surface area contributed by atoms with Gasteiger partial charge in [-0.15, -0.1) is 4.91 Å². The fourth-order valence-corrected chi connectivity index (χ4v) is 4.14. The Labute approximate surface area is 197 Å². The van der Waals surface area contributed by atoms with Crippen molar-refractivity contribution in [3.05, 3.63) is 93.4 Å². The van der Waals surface area contributed by atoms with Crippen LogP contribution in [0.4, 0.5) is 14.5 Å². The Morgan fingerprint density at radius 2 is 1.89 bits per heavy atom. The molecule has 3 aromatic carbocycles. The van der Waals surface area contributed by atoms with Crippen LogP contribution in [0.1, 0.15) is 27.0 Å². The Hall–Kier alpha value is -4.31. The number of halogens is 2. The fourth-order valence-electron chi connectivity index (χ4n) is 4.14. The molecule has 0 radical (unpaired) electrons. The van der Waals surface area contributed by atoms with Crippen LogP contribution in [0.15, 0.2) is 59.8 Å². The number of aromatic hydroxyl groups is 1. The second-order valence-electron chi connectivity index (χ2n) is 8.05. The van der Waals surface area contributed by atoms with E-state index in [1.807, 2.05) is 0 Å². The molecule has 35 heavy (non-hydrogen) atoms. The fraction of sp³-hybridized carbons (Fsp3) is 0.160. The van der Waals surface area contributed by atoms with Crippen molar-refractivity contribution < 1.29 is 28.2 Å². The number of aromatic nitrogens is 1. The van der Waals surface area contributed by atoms with Gasteiger partial charge in [0.05, 0.1) is 18.7 Å². The lowest BCUT2D eigenvalue weighted by Gasteiger charge is -2.21. The van der Waals surface area contributed by atoms with Crippen LogP contribution < -0.4 is 10.1 Å². The van der Waals surface area contributed by atoms with Gasteiger partial charge in [0.25, 0.3) is 5.91 Å². The van der Waals surface area contributed by atoms with Crippen molar-refractivity contribution in [1.29, 1.82) is 0 Å². The molecule has 0 atom stereocenters. The van der Waals surface area contributed by atoms with E-state index in [4.69, 9.17) is 9.47 Å². The first-order chi connectivity index (χ1) is 16.9. The third kappa shape index (κ3) is 4.31. The molecule has 0 saturated heterocycles. The van der Waals surface area contributed by atoms with Crippen molar-refractivity contribution in [2.75, 3.05) is 6.79 Å². The molecule has 178 valence electrons. The number of nitrogens with one attached hydrogen (secondary N) is 1. The van der Waals surface area contributed by atoms with Gasteiger partial charge in [0.2, 0.25) is 5.88 Å². The van der Waals surface area contributed by atoms with E-state index >= 15 is 0 Å². The minimum atomic E-state index is -0.501. The van der Waals surface area contributed by atoms with Gasteiger partial charge in [0.1, 0.15) is 17.4 Å². The third-order valence-corrected chi connectivity index (χ3v) is 5.81. The van der Waals surface area contributed by atoms with Crippen LogP contribution in [-0.2, 0) is 24.4 Å². The number of rotatable bonds is 6. The van der Waals surface area contributed by atoms with Crippen LogP contribution in [0.25, 0.3) is 10.9 Å². The van der Waals surface area contributed by atoms with Crippen LogP contribution in [0.3, 0.4) is 0 Å². The number of amides is 1. The molecule has 1 aliphatic heterocycles. The summed E-state index contributed by atoms with van der Waals surface area (Å²) in [6, 6.07) is 12.9. The first-order valence-electron chi connectivity index (χ1n) is 10.7. The number of nitrogens with zero attached hydrogens (tertiary/aromatic N) is 2. The molecule has 1 amide bonds. The Bertz CT molecular complexity index is 1450. The van der Waals surface area contributed by atoms with E-state index in [2.05, 4.69) is 10.5 Å². The summed E-state index contributed by atoms with van der Waals surface area (Å²) in [5, 5.41) is 16.8. The molecule has 4 aromatic rings. The smallest absolute Gasteiger partial charge is 0.251 e. The van der Waals surface area contributed by atoms with E-state index in [1.165, 1.54) is 47.0 Å². The van der Waals surface area contributed by atoms with E-state index in [1.54, 1.807) is 12.1 Å². The average Bonchev–Trinajstić information content (AvgIpc) is 3.13. The summed E-state index contributed by atoms with van der Waals surface area (Å²) in [6.45, 7) is 0.319. The summed E-state index contributed by atoms with van der Waals surface area (Å²) in [5.41, 5.74) is 2.11. The highest BCUT2D eigenvalue weighted by molar-refractivity contribution is 6.02. The first-order valence-corrected chi connectivity index (χ1v) is 10.7. The Kier molecular flexibility index (Phi) is 5.87. The van der Waals surface area contributed by atoms with E-state index < -0.39 is 17.6 Å². The Morgan fingerprint density at radius 1 is 1.09 bits per heavy atom. The van der Waals surface area contributed by atoms with Gasteiger partial charge in [-0.05, 0) is 53.2 Å². The lowest BCUT2D eigenvalue weighted by Crippen LogP contribution is -2.22. The summed E-state index contributed by atoms with van der Waals surface area (Å²) in [5.74, 6) is -1.26. The average molecular weight is 479 g/mol. The van der Waals surface area contributed by atoms with Gasteiger partial charge in [-0.3, -0.25) is 4.79 Å². The quantitative estimate of drug-likeness (QED) is 0.384. The Morgan fingerprint density at radius 3 is 2.66 bits per heavy atom. The molecule has 2 N–H and O–H groups in total. The lowest BCUT2D eigenvalue weighted by molar-refractivity contribution is -0.0173. The largest absolute Gasteiger partial charge is 0.493 e. The van der Waals surface area contributed by atoms with Gasteiger partial charge in [-0.2, -0.15) is 0 Å². The molecule has 0 saturated carbocycles. The van der Waals surface area contributed by atoms with Gasteiger partial charge < -0.3 is 24.5 Å². The minimum absolute atomic E-state index is 0.00353. The van der Waals surface area contributed by atoms with Crippen LogP contribution >= 0.6 is 0 Å². The normalized spacial score (nSPS) is 12.7. The molecule has 1 aromatic heterocycles. The predicted octanol–water partition coefficient (Wildman–Crippen LogP) is 4.87. The standard InChI is InChI=1S/C25H19F2N3O5/c26-18-4-1-14(2-5-18)10-28-24(31)15-3-6-20-21(9-15)30(25(32)22(20)29-33)11-16-7-19(27)8-17-12-34-13-35-23(16)17/h1-9,32H,10-13H2,(H,28,31). The number of hydrogen-bond donors (Lipinski definition) is 2. The minimum Gasteiger partial charge on any atom is -0.493 e. The van der Waals surface area contributed by atoms with Crippen molar-refractivity contribution in [3.8, 4) is 11.6 Å². The first kappa shape index (κ1) is 22.5. The predicted molar refractivity (Wildman–Crippen MR) is 122 cm³/mol. The molecule has 5 rings (SSSR count). The van der Waals surface area contributed by atoms with Crippen molar-refractivity contribution in [2.24, 2.45) is 5.18 Å². The van der Waals surface area contributed by atoms with E-state index in [-0.39, 0.29) is 43.6 Å². The molecule has 0 unspecified atom stereocenters. The van der Waals surface area contributed by atoms with Gasteiger partial charge in [-0.25, -0.2) is 8.78 Å². The maximum Gasteiger partial charge on any atom is 0.251 e. The molecule has 1 aliphatic rings. The number of nitroso groups, excluding NO2 is 1. The molecular weight excluding hydrogens is 460 g/mol. The molecule has 2 heterocycles. The van der Waals surface area contributed by atoms with Gasteiger partial charge >= 0.3 is 0 Å². The molecule has 8 nitrogen and oxygen atoms in total. The molecule has 0 aliphatic carbocycles. The molecule has 0 spiro atoms. The second kappa shape index (κ2) is 9.15. The monoisotopic (exact) mass is 479 g/mol. The summed E-state index contributed by atoms with van der Waals surface area (Å²) < 4.78 is 39.5. The number of fused-ring (bicyclic) bond motifs is 2. The maximum absolute atomic E-state index is 14.2. The number of carbonyl (C=O) groups is 1. The van der Waals surface area contributed by atoms with Crippen LogP contribution in [0, 0.1) is 16.5 Å². The topological polar surface area (TPSA) is 102 Å². The summed E-state index contributed by atoms with van der Waals surface area (Å²) >= 11 is 0. The Balaban J connectivity index is 1.50. The van der Waals surface area contributed by atoms with Crippen molar-refractivity contribution in [2.45, 2.75) is 19.7 Å².